The van der Waals surface area contributed by atoms with Gasteiger partial charge in [0.1, 0.15) is 0 Å². The molecule has 0 aromatic carbocycles. The third kappa shape index (κ3) is 7.88. The number of rotatable bonds is 7. The van der Waals surface area contributed by atoms with Crippen molar-refractivity contribution in [3.63, 3.8) is 0 Å². The van der Waals surface area contributed by atoms with Crippen LogP contribution in [-0.4, -0.2) is 19.9 Å². The summed E-state index contributed by atoms with van der Waals surface area (Å²) in [5, 5.41) is 0. The number of ether oxygens (including phenoxy) is 1. The van der Waals surface area contributed by atoms with Gasteiger partial charge in [0.15, 0.2) is 6.79 Å². The summed E-state index contributed by atoms with van der Waals surface area (Å²) in [7, 11) is 0. The van der Waals surface area contributed by atoms with E-state index in [1.165, 1.54) is 6.42 Å². The third-order valence-corrected chi connectivity index (χ3v) is 1.03. The van der Waals surface area contributed by atoms with Gasteiger partial charge in [-0.3, -0.25) is 4.84 Å². The van der Waals surface area contributed by atoms with E-state index in [0.717, 1.165) is 19.6 Å². The Morgan fingerprint density at radius 2 is 2.10 bits per heavy atom. The first-order valence-corrected chi connectivity index (χ1v) is 3.84. The van der Waals surface area contributed by atoms with Crippen LogP contribution in [0.3, 0.4) is 0 Å². The van der Waals surface area contributed by atoms with Crippen molar-refractivity contribution < 1.29 is 9.57 Å². The Morgan fingerprint density at radius 1 is 1.30 bits per heavy atom. The molecular formula is C7H17NO2. The van der Waals surface area contributed by atoms with Crippen molar-refractivity contribution >= 4 is 0 Å². The van der Waals surface area contributed by atoms with Gasteiger partial charge in [0.25, 0.3) is 0 Å². The van der Waals surface area contributed by atoms with Gasteiger partial charge in [0.2, 0.25) is 0 Å². The van der Waals surface area contributed by atoms with Crippen LogP contribution in [0.1, 0.15) is 26.7 Å². The largest absolute Gasteiger partial charge is 0.353 e. The van der Waals surface area contributed by atoms with Crippen LogP contribution >= 0.6 is 0 Å². The molecule has 0 radical (unpaired) electrons. The van der Waals surface area contributed by atoms with Crippen LogP contribution in [0.5, 0.6) is 0 Å². The molecule has 10 heavy (non-hydrogen) atoms. The second-order valence-electron chi connectivity index (χ2n) is 2.02. The van der Waals surface area contributed by atoms with E-state index >= 15 is 0 Å². The standard InChI is InChI=1S/C7H17NO2/c1-3-5-6-9-7-10-8-4-2/h8H,3-7H2,1-2H3. The molecule has 0 amide bonds. The van der Waals surface area contributed by atoms with Crippen LogP contribution in [0.4, 0.5) is 0 Å². The number of hydrogen-bond donors (Lipinski definition) is 1. The highest BCUT2D eigenvalue weighted by Gasteiger charge is 1.84. The van der Waals surface area contributed by atoms with Crippen molar-refractivity contribution in [3.05, 3.63) is 0 Å². The Morgan fingerprint density at radius 3 is 2.70 bits per heavy atom. The molecule has 62 valence electrons. The van der Waals surface area contributed by atoms with E-state index in [2.05, 4.69) is 12.4 Å². The molecule has 0 aliphatic heterocycles. The van der Waals surface area contributed by atoms with Crippen molar-refractivity contribution in [3.8, 4) is 0 Å². The van der Waals surface area contributed by atoms with Gasteiger partial charge < -0.3 is 4.74 Å². The average molecular weight is 147 g/mol. The zero-order chi connectivity index (χ0) is 7.66. The fourth-order valence-electron chi connectivity index (χ4n) is 0.491. The minimum Gasteiger partial charge on any atom is -0.353 e. The highest BCUT2D eigenvalue weighted by molar-refractivity contribution is 4.27. The van der Waals surface area contributed by atoms with Crippen LogP contribution in [0.15, 0.2) is 0 Å². The summed E-state index contributed by atoms with van der Waals surface area (Å²) in [6.45, 7) is 6.08. The van der Waals surface area contributed by atoms with E-state index in [-0.39, 0.29) is 0 Å². The normalized spacial score (nSPS) is 10.2. The summed E-state index contributed by atoms with van der Waals surface area (Å²) in [6.07, 6.45) is 2.27. The molecule has 0 aliphatic carbocycles. The first-order valence-electron chi connectivity index (χ1n) is 3.84. The quantitative estimate of drug-likeness (QED) is 0.334. The van der Waals surface area contributed by atoms with Gasteiger partial charge in [-0.25, -0.2) is 5.48 Å². The highest BCUT2D eigenvalue weighted by atomic mass is 16.7. The molecule has 0 heterocycles. The maximum atomic E-state index is 5.09. The van der Waals surface area contributed by atoms with Crippen LogP contribution in [0.2, 0.25) is 0 Å². The molecule has 0 saturated heterocycles. The lowest BCUT2D eigenvalue weighted by atomic mass is 10.4. The van der Waals surface area contributed by atoms with Crippen molar-refractivity contribution in [1.82, 2.24) is 5.48 Å². The van der Waals surface area contributed by atoms with E-state index in [1.54, 1.807) is 0 Å². The van der Waals surface area contributed by atoms with Crippen LogP contribution in [0.25, 0.3) is 0 Å². The van der Waals surface area contributed by atoms with Gasteiger partial charge in [0.05, 0.1) is 0 Å². The van der Waals surface area contributed by atoms with Crippen molar-refractivity contribution in [2.24, 2.45) is 0 Å². The Kier molecular flexibility index (Phi) is 8.77. The molecule has 0 unspecified atom stereocenters. The number of unbranched alkanes of at least 4 members (excludes halogenated alkanes) is 1. The van der Waals surface area contributed by atoms with Gasteiger partial charge in [-0.2, -0.15) is 0 Å². The molecule has 0 saturated carbocycles. The molecule has 3 nitrogen and oxygen atoms in total. The van der Waals surface area contributed by atoms with Gasteiger partial charge in [-0.1, -0.05) is 20.3 Å². The minimum absolute atomic E-state index is 0.355. The van der Waals surface area contributed by atoms with Gasteiger partial charge in [-0.15, -0.1) is 0 Å². The van der Waals surface area contributed by atoms with Crippen molar-refractivity contribution in [2.75, 3.05) is 19.9 Å². The number of hydrogen-bond acceptors (Lipinski definition) is 3. The molecular weight excluding hydrogens is 130 g/mol. The van der Waals surface area contributed by atoms with Crippen LogP contribution in [-0.2, 0) is 9.57 Å². The van der Waals surface area contributed by atoms with E-state index < -0.39 is 0 Å². The molecule has 0 bridgehead atoms. The Hall–Kier alpha value is -0.120. The predicted octanol–water partition coefficient (Wildman–Crippen LogP) is 1.30. The Bertz CT molecular complexity index is 51.6. The summed E-state index contributed by atoms with van der Waals surface area (Å²) in [4.78, 5) is 4.86. The number of hydroxylamine groups is 1. The lowest BCUT2D eigenvalue weighted by molar-refractivity contribution is -0.0978. The van der Waals surface area contributed by atoms with Gasteiger partial charge in [-0.05, 0) is 6.42 Å². The van der Waals surface area contributed by atoms with Crippen molar-refractivity contribution in [1.29, 1.82) is 0 Å². The SMILES string of the molecule is CCCCOCONCC. The first-order chi connectivity index (χ1) is 4.91. The fraction of sp³-hybridized carbons (Fsp3) is 1.00. The monoisotopic (exact) mass is 147 g/mol. The lowest BCUT2D eigenvalue weighted by Gasteiger charge is -2.03. The fourth-order valence-corrected chi connectivity index (χ4v) is 0.491. The summed E-state index contributed by atoms with van der Waals surface area (Å²) in [6, 6.07) is 0. The molecule has 0 rings (SSSR count). The van der Waals surface area contributed by atoms with E-state index in [0.29, 0.717) is 6.79 Å². The topological polar surface area (TPSA) is 30.5 Å². The van der Waals surface area contributed by atoms with E-state index in [4.69, 9.17) is 9.57 Å². The minimum atomic E-state index is 0.355. The summed E-state index contributed by atoms with van der Waals surface area (Å²) < 4.78 is 5.09. The molecule has 3 heteroatoms. The maximum Gasteiger partial charge on any atom is 0.166 e. The molecule has 0 aliphatic rings. The average Bonchev–Trinajstić information content (AvgIpc) is 1.97. The summed E-state index contributed by atoms with van der Waals surface area (Å²) in [5.74, 6) is 0. The van der Waals surface area contributed by atoms with Crippen LogP contribution in [0, 0.1) is 0 Å². The van der Waals surface area contributed by atoms with Gasteiger partial charge in [0, 0.05) is 13.2 Å². The Balaban J connectivity index is 2.65. The number of nitrogens with one attached hydrogen (secondary N) is 1. The Labute approximate surface area is 62.7 Å². The third-order valence-electron chi connectivity index (χ3n) is 1.03. The molecule has 0 aromatic rings. The zero-order valence-electron chi connectivity index (χ0n) is 6.85. The molecule has 0 atom stereocenters. The second kappa shape index (κ2) is 8.88. The van der Waals surface area contributed by atoms with Crippen molar-refractivity contribution in [2.45, 2.75) is 26.7 Å². The molecule has 0 fully saturated rings. The maximum absolute atomic E-state index is 5.09. The highest BCUT2D eigenvalue weighted by Crippen LogP contribution is 1.86. The lowest BCUT2D eigenvalue weighted by Crippen LogP contribution is -2.16. The predicted molar refractivity (Wildman–Crippen MR) is 40.5 cm³/mol. The summed E-state index contributed by atoms with van der Waals surface area (Å²) in [5.41, 5.74) is 2.70. The second-order valence-corrected chi connectivity index (χ2v) is 2.02. The molecule has 1 N–H and O–H groups in total. The zero-order valence-corrected chi connectivity index (χ0v) is 6.85. The van der Waals surface area contributed by atoms with E-state index in [1.807, 2.05) is 6.92 Å². The van der Waals surface area contributed by atoms with Crippen LogP contribution < -0.4 is 5.48 Å². The molecule has 0 spiro atoms. The molecule has 0 aromatic heterocycles. The van der Waals surface area contributed by atoms with Gasteiger partial charge >= 0.3 is 0 Å². The first kappa shape index (κ1) is 9.88. The summed E-state index contributed by atoms with van der Waals surface area (Å²) >= 11 is 0. The van der Waals surface area contributed by atoms with E-state index in [9.17, 15) is 0 Å². The smallest absolute Gasteiger partial charge is 0.166 e.